The number of aromatic nitrogens is 2. The van der Waals surface area contributed by atoms with Crippen LogP contribution in [0.15, 0.2) is 24.3 Å². The molecule has 0 radical (unpaired) electrons. The summed E-state index contributed by atoms with van der Waals surface area (Å²) >= 11 is 6.01. The highest BCUT2D eigenvalue weighted by Gasteiger charge is 2.11. The van der Waals surface area contributed by atoms with Crippen molar-refractivity contribution in [2.24, 2.45) is 0 Å². The molecule has 4 heteroatoms. The highest BCUT2D eigenvalue weighted by atomic mass is 35.5. The molecule has 2 heterocycles. The van der Waals surface area contributed by atoms with Crippen LogP contribution in [0, 0.1) is 0 Å². The normalized spacial score (nSPS) is 11.4. The molecule has 17 heavy (non-hydrogen) atoms. The average Bonchev–Trinajstić information content (AvgIpc) is 2.68. The van der Waals surface area contributed by atoms with Crippen molar-refractivity contribution in [2.75, 3.05) is 0 Å². The summed E-state index contributed by atoms with van der Waals surface area (Å²) in [5.74, 6) is 0.247. The number of fused-ring (bicyclic) bond motifs is 3. The lowest BCUT2D eigenvalue weighted by molar-refractivity contribution is 0.480. The number of rotatable bonds is 1. The van der Waals surface area contributed by atoms with Crippen molar-refractivity contribution >= 4 is 33.4 Å². The number of para-hydroxylation sites is 1. The molecule has 2 aromatic heterocycles. The largest absolute Gasteiger partial charge is 0.506 e. The van der Waals surface area contributed by atoms with Crippen LogP contribution in [0.1, 0.15) is 12.6 Å². The van der Waals surface area contributed by atoms with E-state index in [9.17, 15) is 5.11 Å². The van der Waals surface area contributed by atoms with Gasteiger partial charge in [0.05, 0.1) is 16.7 Å². The van der Waals surface area contributed by atoms with E-state index in [1.165, 1.54) is 0 Å². The van der Waals surface area contributed by atoms with Crippen LogP contribution in [-0.4, -0.2) is 15.1 Å². The number of phenols is 1. The predicted octanol–water partition coefficient (Wildman–Crippen LogP) is 3.64. The van der Waals surface area contributed by atoms with Crippen molar-refractivity contribution in [2.45, 2.75) is 13.3 Å². The second-order valence-corrected chi connectivity index (χ2v) is 4.38. The summed E-state index contributed by atoms with van der Waals surface area (Å²) in [7, 11) is 0. The molecule has 0 aliphatic carbocycles. The smallest absolute Gasteiger partial charge is 0.139 e. The summed E-state index contributed by atoms with van der Waals surface area (Å²) in [6.45, 7) is 2.03. The van der Waals surface area contributed by atoms with Crippen LogP contribution in [0.5, 0.6) is 5.75 Å². The van der Waals surface area contributed by atoms with Gasteiger partial charge in [0.25, 0.3) is 0 Å². The highest BCUT2D eigenvalue weighted by molar-refractivity contribution is 6.30. The van der Waals surface area contributed by atoms with Gasteiger partial charge in [0, 0.05) is 10.8 Å². The quantitative estimate of drug-likeness (QED) is 0.644. The maximum Gasteiger partial charge on any atom is 0.139 e. The van der Waals surface area contributed by atoms with Crippen molar-refractivity contribution in [3.8, 4) is 5.75 Å². The molecule has 0 saturated carbocycles. The number of halogens is 1. The Morgan fingerprint density at radius 2 is 2.12 bits per heavy atom. The lowest BCUT2D eigenvalue weighted by Crippen LogP contribution is -1.88. The van der Waals surface area contributed by atoms with E-state index in [0.717, 1.165) is 33.9 Å². The van der Waals surface area contributed by atoms with Gasteiger partial charge in [-0.05, 0) is 18.6 Å². The summed E-state index contributed by atoms with van der Waals surface area (Å²) in [6, 6.07) is 7.28. The van der Waals surface area contributed by atoms with Gasteiger partial charge >= 0.3 is 0 Å². The number of benzene rings is 1. The number of hydrogen-bond donors (Lipinski definition) is 2. The molecule has 0 amide bonds. The van der Waals surface area contributed by atoms with Crippen LogP contribution in [0.4, 0.5) is 0 Å². The minimum Gasteiger partial charge on any atom is -0.506 e. The summed E-state index contributed by atoms with van der Waals surface area (Å²) in [4.78, 5) is 7.52. The molecular formula is C13H11ClN2O. The second kappa shape index (κ2) is 3.64. The zero-order chi connectivity index (χ0) is 12.0. The molecule has 0 saturated heterocycles. The molecule has 1 aromatic carbocycles. The number of H-pyrrole nitrogens is 1. The fourth-order valence-corrected chi connectivity index (χ4v) is 2.40. The molecule has 3 rings (SSSR count). The van der Waals surface area contributed by atoms with Gasteiger partial charge < -0.3 is 10.1 Å². The van der Waals surface area contributed by atoms with Gasteiger partial charge in [-0.25, -0.2) is 4.98 Å². The first-order valence-electron chi connectivity index (χ1n) is 5.49. The maximum absolute atomic E-state index is 9.82. The van der Waals surface area contributed by atoms with Gasteiger partial charge in [-0.2, -0.15) is 0 Å². The number of pyridine rings is 1. The molecule has 0 aliphatic rings. The van der Waals surface area contributed by atoms with Crippen molar-refractivity contribution in [1.29, 1.82) is 0 Å². The van der Waals surface area contributed by atoms with Crippen LogP contribution in [0.25, 0.3) is 21.8 Å². The summed E-state index contributed by atoms with van der Waals surface area (Å²) in [5, 5.41) is 12.3. The van der Waals surface area contributed by atoms with E-state index in [1.54, 1.807) is 6.07 Å². The van der Waals surface area contributed by atoms with Crippen LogP contribution >= 0.6 is 11.6 Å². The van der Waals surface area contributed by atoms with Crippen LogP contribution in [0.3, 0.4) is 0 Å². The Balaban J connectivity index is 2.55. The van der Waals surface area contributed by atoms with Crippen molar-refractivity contribution in [1.82, 2.24) is 9.97 Å². The lowest BCUT2D eigenvalue weighted by atomic mass is 10.1. The SMILES string of the molecule is CCc1nc(Cl)cc2c1[nH]c1c(O)cccc12. The molecule has 0 spiro atoms. The molecule has 0 fully saturated rings. The zero-order valence-corrected chi connectivity index (χ0v) is 10.0. The molecule has 3 aromatic rings. The number of nitrogens with zero attached hydrogens (tertiary/aromatic N) is 1. The molecular weight excluding hydrogens is 236 g/mol. The summed E-state index contributed by atoms with van der Waals surface area (Å²) < 4.78 is 0. The van der Waals surface area contributed by atoms with Gasteiger partial charge in [0.15, 0.2) is 0 Å². The lowest BCUT2D eigenvalue weighted by Gasteiger charge is -1.99. The van der Waals surface area contributed by atoms with E-state index in [0.29, 0.717) is 5.15 Å². The maximum atomic E-state index is 9.82. The Labute approximate surface area is 103 Å². The van der Waals surface area contributed by atoms with Gasteiger partial charge in [-0.3, -0.25) is 0 Å². The molecule has 2 N–H and O–H groups in total. The Bertz CT molecular complexity index is 718. The molecule has 0 bridgehead atoms. The minimum atomic E-state index is 0.247. The fraction of sp³-hybridized carbons (Fsp3) is 0.154. The van der Waals surface area contributed by atoms with Gasteiger partial charge in [0.2, 0.25) is 0 Å². The van der Waals surface area contributed by atoms with Crippen LogP contribution < -0.4 is 0 Å². The van der Waals surface area contributed by atoms with Crippen molar-refractivity contribution < 1.29 is 5.11 Å². The Hall–Kier alpha value is -1.74. The van der Waals surface area contributed by atoms with Gasteiger partial charge in [-0.15, -0.1) is 0 Å². The number of phenolic OH excluding ortho intramolecular Hbond substituents is 1. The standard InChI is InChI=1S/C13H11ClN2O/c1-2-9-12-8(6-11(14)15-9)7-4-3-5-10(17)13(7)16-12/h3-6,16-17H,2H2,1H3. The Morgan fingerprint density at radius 1 is 1.29 bits per heavy atom. The summed E-state index contributed by atoms with van der Waals surface area (Å²) in [5.41, 5.74) is 2.61. The molecule has 0 aliphatic heterocycles. The van der Waals surface area contributed by atoms with E-state index in [2.05, 4.69) is 9.97 Å². The first kappa shape index (κ1) is 10.4. The molecule has 86 valence electrons. The zero-order valence-electron chi connectivity index (χ0n) is 9.29. The Kier molecular flexibility index (Phi) is 2.23. The topological polar surface area (TPSA) is 48.9 Å². The summed E-state index contributed by atoms with van der Waals surface area (Å²) in [6.07, 6.45) is 0.796. The van der Waals surface area contributed by atoms with Crippen LogP contribution in [0.2, 0.25) is 5.15 Å². The minimum absolute atomic E-state index is 0.247. The monoisotopic (exact) mass is 246 g/mol. The Morgan fingerprint density at radius 3 is 2.88 bits per heavy atom. The predicted molar refractivity (Wildman–Crippen MR) is 69.7 cm³/mol. The third-order valence-corrected chi connectivity index (χ3v) is 3.17. The van der Waals surface area contributed by atoms with Crippen LogP contribution in [-0.2, 0) is 6.42 Å². The highest BCUT2D eigenvalue weighted by Crippen LogP contribution is 2.33. The van der Waals surface area contributed by atoms with E-state index in [1.807, 2.05) is 25.1 Å². The number of aryl methyl sites for hydroxylation is 1. The molecule has 3 nitrogen and oxygen atoms in total. The van der Waals surface area contributed by atoms with Crippen molar-refractivity contribution in [3.63, 3.8) is 0 Å². The first-order chi connectivity index (χ1) is 8.20. The van der Waals surface area contributed by atoms with E-state index in [-0.39, 0.29) is 5.75 Å². The molecule has 0 atom stereocenters. The number of aromatic amines is 1. The van der Waals surface area contributed by atoms with Gasteiger partial charge in [0.1, 0.15) is 10.9 Å². The van der Waals surface area contributed by atoms with E-state index in [4.69, 9.17) is 11.6 Å². The van der Waals surface area contributed by atoms with E-state index >= 15 is 0 Å². The van der Waals surface area contributed by atoms with Gasteiger partial charge in [-0.1, -0.05) is 30.7 Å². The first-order valence-corrected chi connectivity index (χ1v) is 5.87. The average molecular weight is 247 g/mol. The third-order valence-electron chi connectivity index (χ3n) is 2.98. The number of hydrogen-bond acceptors (Lipinski definition) is 2. The molecule has 0 unspecified atom stereocenters. The number of nitrogens with one attached hydrogen (secondary N) is 1. The van der Waals surface area contributed by atoms with E-state index < -0.39 is 0 Å². The fourth-order valence-electron chi connectivity index (χ4n) is 2.19. The third kappa shape index (κ3) is 1.46. The van der Waals surface area contributed by atoms with Crippen molar-refractivity contribution in [3.05, 3.63) is 35.1 Å². The number of aromatic hydroxyl groups is 1. The second-order valence-electron chi connectivity index (χ2n) is 3.99.